The Morgan fingerprint density at radius 2 is 0.859 bits per heavy atom. The summed E-state index contributed by atoms with van der Waals surface area (Å²) in [6, 6.07) is 0. The smallest absolute Gasteiger partial charge is 0.462 e. The van der Waals surface area contributed by atoms with Gasteiger partial charge in [-0.05, 0) is 83.5 Å². The summed E-state index contributed by atoms with van der Waals surface area (Å²) in [6.45, 7) is 3.61. The average Bonchev–Trinajstić information content (AvgIpc) is 3.28. The number of hydrogen-bond acceptors (Lipinski definition) is 8. The lowest BCUT2D eigenvalue weighted by Gasteiger charge is -2.19. The fourth-order valence-electron chi connectivity index (χ4n) is 7.01. The second-order valence-electron chi connectivity index (χ2n) is 17.0. The maximum Gasteiger partial charge on any atom is 0.472 e. The van der Waals surface area contributed by atoms with E-state index in [4.69, 9.17) is 24.3 Å². The van der Waals surface area contributed by atoms with Crippen LogP contribution >= 0.6 is 7.82 Å². The zero-order valence-electron chi connectivity index (χ0n) is 41.0. The fourth-order valence-corrected chi connectivity index (χ4v) is 7.77. The molecule has 0 spiro atoms. The predicted molar refractivity (Wildman–Crippen MR) is 270 cm³/mol. The van der Waals surface area contributed by atoms with Crippen LogP contribution < -0.4 is 5.73 Å². The average molecular weight is 918 g/mol. The topological polar surface area (TPSA) is 134 Å². The van der Waals surface area contributed by atoms with E-state index >= 15 is 0 Å². The van der Waals surface area contributed by atoms with Crippen molar-refractivity contribution in [3.8, 4) is 0 Å². The van der Waals surface area contributed by atoms with Gasteiger partial charge in [0.1, 0.15) is 6.61 Å². The molecule has 0 aliphatic rings. The van der Waals surface area contributed by atoms with Crippen LogP contribution in [0.3, 0.4) is 0 Å². The molecule has 0 rings (SSSR count). The summed E-state index contributed by atoms with van der Waals surface area (Å²) in [7, 11) is -4.39. The first-order valence-corrected chi connectivity index (χ1v) is 27.4. The summed E-state index contributed by atoms with van der Waals surface area (Å²) in [6.07, 6.45) is 62.3. The number of phosphoric ester groups is 1. The van der Waals surface area contributed by atoms with Crippen LogP contribution in [-0.4, -0.2) is 49.3 Å². The molecule has 0 aromatic rings. The van der Waals surface area contributed by atoms with E-state index in [2.05, 4.69) is 86.8 Å². The molecular weight excluding hydrogens is 822 g/mol. The largest absolute Gasteiger partial charge is 0.472 e. The Bertz CT molecular complexity index is 1280. The molecule has 0 bridgehead atoms. The molecule has 9 nitrogen and oxygen atoms in total. The van der Waals surface area contributed by atoms with Gasteiger partial charge in [0.25, 0.3) is 0 Å². The van der Waals surface area contributed by atoms with Gasteiger partial charge in [-0.2, -0.15) is 0 Å². The Hall–Kier alpha value is -2.55. The monoisotopic (exact) mass is 918 g/mol. The van der Waals surface area contributed by atoms with Gasteiger partial charge >= 0.3 is 19.8 Å². The number of carbonyl (C=O) groups is 2. The Morgan fingerprint density at radius 3 is 1.30 bits per heavy atom. The summed E-state index contributed by atoms with van der Waals surface area (Å²) < 4.78 is 32.9. The molecule has 0 aliphatic heterocycles. The first kappa shape index (κ1) is 61.5. The van der Waals surface area contributed by atoms with Crippen molar-refractivity contribution in [2.75, 3.05) is 26.4 Å². The Labute approximate surface area is 392 Å². The van der Waals surface area contributed by atoms with Crippen LogP contribution in [0.2, 0.25) is 0 Å². The van der Waals surface area contributed by atoms with Gasteiger partial charge in [-0.25, -0.2) is 4.57 Å². The van der Waals surface area contributed by atoms with Crippen molar-refractivity contribution in [3.63, 3.8) is 0 Å². The van der Waals surface area contributed by atoms with Crippen LogP contribution in [0.15, 0.2) is 72.9 Å². The number of hydrogen-bond donors (Lipinski definition) is 2. The van der Waals surface area contributed by atoms with Crippen LogP contribution in [-0.2, 0) is 32.7 Å². The van der Waals surface area contributed by atoms with Gasteiger partial charge in [-0.15, -0.1) is 0 Å². The highest BCUT2D eigenvalue weighted by Crippen LogP contribution is 2.43. The van der Waals surface area contributed by atoms with Gasteiger partial charge in [-0.3, -0.25) is 18.6 Å². The van der Waals surface area contributed by atoms with Crippen molar-refractivity contribution in [2.45, 2.75) is 232 Å². The van der Waals surface area contributed by atoms with Gasteiger partial charge in [0.2, 0.25) is 0 Å². The first-order chi connectivity index (χ1) is 31.3. The Balaban J connectivity index is 3.99. The molecule has 0 saturated heterocycles. The van der Waals surface area contributed by atoms with Crippen molar-refractivity contribution in [1.82, 2.24) is 0 Å². The normalized spacial score (nSPS) is 13.8. The number of ether oxygens (including phenoxy) is 2. The number of rotatable bonds is 48. The van der Waals surface area contributed by atoms with Crippen molar-refractivity contribution in [1.29, 1.82) is 0 Å². The summed E-state index contributed by atoms with van der Waals surface area (Å²) >= 11 is 0. The molecule has 3 N–H and O–H groups in total. The number of nitrogens with two attached hydrogens (primary N) is 1. The number of unbranched alkanes of at least 4 members (excludes halogenated alkanes) is 23. The number of carbonyl (C=O) groups excluding carboxylic acids is 2. The highest BCUT2D eigenvalue weighted by atomic mass is 31.2. The maximum absolute atomic E-state index is 12.7. The van der Waals surface area contributed by atoms with Crippen molar-refractivity contribution in [3.05, 3.63) is 72.9 Å². The fraction of sp³-hybridized carbons (Fsp3) is 0.741. The highest BCUT2D eigenvalue weighted by molar-refractivity contribution is 7.47. The van der Waals surface area contributed by atoms with Gasteiger partial charge in [-0.1, -0.05) is 202 Å². The third-order valence-corrected chi connectivity index (χ3v) is 11.8. The number of phosphoric acid groups is 1. The SMILES string of the molecule is CC/C=C\C/C=C\C/C=C\C/C=C\C/C=C\CCCCCCCCCCCCCCCC(=O)OC(COC(=O)CCCCCCC/C=C\CCCCCCC)COP(=O)(O)OCCN. The zero-order chi connectivity index (χ0) is 46.7. The van der Waals surface area contributed by atoms with E-state index in [0.717, 1.165) is 89.9 Å². The first-order valence-electron chi connectivity index (χ1n) is 25.9. The van der Waals surface area contributed by atoms with Crippen molar-refractivity contribution < 1.29 is 37.6 Å². The molecule has 2 atom stereocenters. The van der Waals surface area contributed by atoms with Gasteiger partial charge in [0.05, 0.1) is 13.2 Å². The second-order valence-corrected chi connectivity index (χ2v) is 18.5. The third kappa shape index (κ3) is 48.9. The Morgan fingerprint density at radius 1 is 0.484 bits per heavy atom. The minimum absolute atomic E-state index is 0.0501. The molecule has 0 amide bonds. The molecule has 0 radical (unpaired) electrons. The molecule has 64 heavy (non-hydrogen) atoms. The molecule has 0 aromatic carbocycles. The van der Waals surface area contributed by atoms with Gasteiger partial charge in [0.15, 0.2) is 6.10 Å². The van der Waals surface area contributed by atoms with Gasteiger partial charge < -0.3 is 20.1 Å². The molecule has 0 heterocycles. The van der Waals surface area contributed by atoms with E-state index in [1.54, 1.807) is 0 Å². The van der Waals surface area contributed by atoms with E-state index in [1.807, 2.05) is 0 Å². The molecule has 370 valence electrons. The lowest BCUT2D eigenvalue weighted by molar-refractivity contribution is -0.161. The molecule has 0 fully saturated rings. The molecule has 0 saturated carbocycles. The number of allylic oxidation sites excluding steroid dienone is 12. The van der Waals surface area contributed by atoms with E-state index in [0.29, 0.717) is 6.42 Å². The lowest BCUT2D eigenvalue weighted by Crippen LogP contribution is -2.29. The highest BCUT2D eigenvalue weighted by Gasteiger charge is 2.26. The maximum atomic E-state index is 12.7. The summed E-state index contributed by atoms with van der Waals surface area (Å²) in [5, 5.41) is 0. The predicted octanol–water partition coefficient (Wildman–Crippen LogP) is 15.8. The molecule has 0 aromatic heterocycles. The molecular formula is C54H96NO8P. The van der Waals surface area contributed by atoms with Crippen molar-refractivity contribution >= 4 is 19.8 Å². The van der Waals surface area contributed by atoms with Crippen LogP contribution in [0.25, 0.3) is 0 Å². The van der Waals surface area contributed by atoms with Crippen LogP contribution in [0, 0.1) is 0 Å². The lowest BCUT2D eigenvalue weighted by atomic mass is 10.0. The van der Waals surface area contributed by atoms with E-state index < -0.39 is 32.5 Å². The quantitative estimate of drug-likeness (QED) is 0.0265. The molecule has 2 unspecified atom stereocenters. The third-order valence-electron chi connectivity index (χ3n) is 10.8. The number of esters is 2. The summed E-state index contributed by atoms with van der Waals surface area (Å²) in [5.41, 5.74) is 5.36. The summed E-state index contributed by atoms with van der Waals surface area (Å²) in [5.74, 6) is -0.838. The van der Waals surface area contributed by atoms with Crippen LogP contribution in [0.5, 0.6) is 0 Å². The van der Waals surface area contributed by atoms with E-state index in [9.17, 15) is 19.0 Å². The van der Waals surface area contributed by atoms with Crippen molar-refractivity contribution in [2.24, 2.45) is 5.73 Å². The minimum Gasteiger partial charge on any atom is -0.462 e. The zero-order valence-corrected chi connectivity index (χ0v) is 41.9. The molecule has 0 aliphatic carbocycles. The van der Waals surface area contributed by atoms with E-state index in [-0.39, 0.29) is 32.6 Å². The van der Waals surface area contributed by atoms with Gasteiger partial charge in [0, 0.05) is 19.4 Å². The standard InChI is InChI=1S/C54H96NO8P/c1-3-5-7-9-11-13-15-17-19-20-21-22-23-24-25-26-27-28-29-30-31-32-33-35-37-39-41-43-45-47-54(57)63-52(51-62-64(58,59)61-49-48-55)50-60-53(56)46-44-42-40-38-36-34-18-16-14-12-10-8-6-4-2/h5,7,11,13,16-19,21-22,24-25,52H,3-4,6,8-10,12,14-15,20,23,26-51,55H2,1-2H3,(H,58,59)/b7-5-,13-11-,18-16-,19-17-,22-21-,25-24-. The molecule has 10 heteroatoms. The summed E-state index contributed by atoms with van der Waals surface area (Å²) in [4.78, 5) is 35.0. The Kier molecular flexibility index (Phi) is 47.9. The minimum atomic E-state index is -4.39. The second kappa shape index (κ2) is 49.9. The van der Waals surface area contributed by atoms with Crippen LogP contribution in [0.4, 0.5) is 0 Å². The van der Waals surface area contributed by atoms with E-state index in [1.165, 1.54) is 103 Å². The van der Waals surface area contributed by atoms with Crippen LogP contribution in [0.1, 0.15) is 226 Å².